The Kier molecular flexibility index (Phi) is 6.46. The second-order valence-electron chi connectivity index (χ2n) is 10.6. The summed E-state index contributed by atoms with van der Waals surface area (Å²) in [5, 5.41) is 84.7. The molecule has 0 spiro atoms. The summed E-state index contributed by atoms with van der Waals surface area (Å²) in [6.07, 6.45) is 0. The highest BCUT2D eigenvalue weighted by molar-refractivity contribution is 5.59. The highest BCUT2D eigenvalue weighted by atomic mass is 16.3. The number of aromatic hydroxyl groups is 8. The number of hydrogen-bond donors (Lipinski definition) is 8. The average molecular weight is 565 g/mol. The van der Waals surface area contributed by atoms with Gasteiger partial charge in [-0.1, -0.05) is 48.5 Å². The molecule has 5 aromatic rings. The van der Waals surface area contributed by atoms with Crippen molar-refractivity contribution in [1.82, 2.24) is 0 Å². The van der Waals surface area contributed by atoms with Crippen LogP contribution in [0.15, 0.2) is 97.1 Å². The Morgan fingerprint density at radius 2 is 0.571 bits per heavy atom. The predicted molar refractivity (Wildman–Crippen MR) is 155 cm³/mol. The van der Waals surface area contributed by atoms with Gasteiger partial charge in [0.1, 0.15) is 46.0 Å². The van der Waals surface area contributed by atoms with Crippen molar-refractivity contribution >= 4 is 0 Å². The van der Waals surface area contributed by atoms with E-state index in [9.17, 15) is 40.9 Å². The van der Waals surface area contributed by atoms with Crippen molar-refractivity contribution in [3.05, 3.63) is 130 Å². The van der Waals surface area contributed by atoms with Gasteiger partial charge in [0.25, 0.3) is 0 Å². The molecule has 7 rings (SSSR count). The molecule has 2 aliphatic carbocycles. The highest BCUT2D eigenvalue weighted by Gasteiger charge is 2.44. The molecule has 0 saturated carbocycles. The normalized spacial score (nSPS) is 15.9. The van der Waals surface area contributed by atoms with Crippen molar-refractivity contribution < 1.29 is 40.9 Å². The lowest BCUT2D eigenvalue weighted by molar-refractivity contribution is 0.384. The fraction of sp³-hybridized carbons (Fsp3) is 0.118. The quantitative estimate of drug-likeness (QED) is 0.121. The Hall–Kier alpha value is -5.50. The summed E-state index contributed by atoms with van der Waals surface area (Å²) in [6.45, 7) is 0. The van der Waals surface area contributed by atoms with Crippen LogP contribution in [-0.4, -0.2) is 40.9 Å². The van der Waals surface area contributed by atoms with Crippen LogP contribution in [0.4, 0.5) is 0 Å². The molecule has 5 aromatic carbocycles. The van der Waals surface area contributed by atoms with Gasteiger partial charge in [-0.2, -0.15) is 0 Å². The summed E-state index contributed by atoms with van der Waals surface area (Å²) in [7, 11) is 0. The van der Waals surface area contributed by atoms with Crippen molar-refractivity contribution in [3.63, 3.8) is 0 Å². The van der Waals surface area contributed by atoms with Crippen LogP contribution < -0.4 is 0 Å². The molecule has 2 aliphatic rings. The summed E-state index contributed by atoms with van der Waals surface area (Å²) in [4.78, 5) is 0. The van der Waals surface area contributed by atoms with E-state index < -0.39 is 23.7 Å². The number of hydrogen-bond acceptors (Lipinski definition) is 8. The second kappa shape index (κ2) is 10.2. The number of phenols is 8. The third-order valence-corrected chi connectivity index (χ3v) is 8.21. The van der Waals surface area contributed by atoms with Crippen molar-refractivity contribution in [2.24, 2.45) is 0 Å². The Morgan fingerprint density at radius 1 is 0.333 bits per heavy atom. The first-order valence-corrected chi connectivity index (χ1v) is 13.3. The van der Waals surface area contributed by atoms with Crippen molar-refractivity contribution in [3.8, 4) is 46.0 Å². The maximum absolute atomic E-state index is 11.1. The highest BCUT2D eigenvalue weighted by Crippen LogP contribution is 2.60. The zero-order valence-corrected chi connectivity index (χ0v) is 22.1. The van der Waals surface area contributed by atoms with Crippen molar-refractivity contribution in [2.45, 2.75) is 23.7 Å². The van der Waals surface area contributed by atoms with Crippen molar-refractivity contribution in [1.29, 1.82) is 0 Å². The van der Waals surface area contributed by atoms with Gasteiger partial charge in [0.2, 0.25) is 0 Å². The molecule has 8 N–H and O–H groups in total. The van der Waals surface area contributed by atoms with Gasteiger partial charge in [0.05, 0.1) is 0 Å². The van der Waals surface area contributed by atoms with Gasteiger partial charge in [-0.15, -0.1) is 0 Å². The lowest BCUT2D eigenvalue weighted by atomic mass is 9.59. The van der Waals surface area contributed by atoms with Gasteiger partial charge in [0, 0.05) is 70.2 Å². The Morgan fingerprint density at radius 3 is 0.786 bits per heavy atom. The van der Waals surface area contributed by atoms with E-state index in [2.05, 4.69) is 0 Å². The van der Waals surface area contributed by atoms with Gasteiger partial charge < -0.3 is 40.9 Å². The molecular formula is C34H28O8. The van der Waals surface area contributed by atoms with Crippen LogP contribution >= 0.6 is 0 Å². The molecule has 0 amide bonds. The maximum atomic E-state index is 11.1. The van der Waals surface area contributed by atoms with Gasteiger partial charge in [-0.25, -0.2) is 0 Å². The molecule has 2 atom stereocenters. The number of phenolic OH excluding ortho intramolecular Hbond substituents is 8. The van der Waals surface area contributed by atoms with Crippen molar-refractivity contribution in [2.75, 3.05) is 0 Å². The minimum absolute atomic E-state index is 0.144. The van der Waals surface area contributed by atoms with Crippen LogP contribution in [-0.2, 0) is 0 Å². The van der Waals surface area contributed by atoms with E-state index in [1.807, 2.05) is 24.3 Å². The minimum atomic E-state index is -0.739. The van der Waals surface area contributed by atoms with Gasteiger partial charge in [0.15, 0.2) is 0 Å². The molecule has 0 heterocycles. The van der Waals surface area contributed by atoms with Crippen LogP contribution in [0.2, 0.25) is 0 Å². The van der Waals surface area contributed by atoms with Gasteiger partial charge in [-0.3, -0.25) is 0 Å². The third kappa shape index (κ3) is 4.53. The minimum Gasteiger partial charge on any atom is -0.508 e. The van der Waals surface area contributed by atoms with Crippen LogP contribution in [0, 0.1) is 0 Å². The van der Waals surface area contributed by atoms with E-state index in [4.69, 9.17) is 0 Å². The smallest absolute Gasteiger partial charge is 0.123 e. The molecule has 0 radical (unpaired) electrons. The van der Waals surface area contributed by atoms with Crippen LogP contribution in [0.1, 0.15) is 57.1 Å². The molecule has 0 fully saturated rings. The SMILES string of the molecule is Oc1ccc(C(c2ccc(O)cc2O)C2c3ccc(cc3)C2C(c2ccc(O)cc2O)c2ccc(O)cc2O)c(O)c1. The van der Waals surface area contributed by atoms with E-state index in [0.29, 0.717) is 22.3 Å². The largest absolute Gasteiger partial charge is 0.508 e. The summed E-state index contributed by atoms with van der Waals surface area (Å²) < 4.78 is 0. The molecule has 2 unspecified atom stereocenters. The first-order chi connectivity index (χ1) is 20.1. The number of fused-ring (bicyclic) bond motifs is 3. The van der Waals surface area contributed by atoms with Crippen LogP contribution in [0.3, 0.4) is 0 Å². The predicted octanol–water partition coefficient (Wildman–Crippen LogP) is 6.18. The Balaban J connectivity index is 1.65. The van der Waals surface area contributed by atoms with Gasteiger partial charge in [-0.05, 0) is 35.4 Å². The first kappa shape index (κ1) is 26.7. The molecule has 8 heteroatoms. The Labute approximate surface area is 240 Å². The molecule has 8 nitrogen and oxygen atoms in total. The summed E-state index contributed by atoms with van der Waals surface area (Å²) in [6, 6.07) is 24.7. The molecule has 0 saturated heterocycles. The summed E-state index contributed by atoms with van der Waals surface area (Å²) in [5.41, 5.74) is 3.26. The number of benzene rings is 5. The fourth-order valence-corrected chi connectivity index (χ4v) is 6.44. The second-order valence-corrected chi connectivity index (χ2v) is 10.6. The average Bonchev–Trinajstić information content (AvgIpc) is 2.94. The monoisotopic (exact) mass is 564 g/mol. The van der Waals surface area contributed by atoms with Gasteiger partial charge >= 0.3 is 0 Å². The van der Waals surface area contributed by atoms with E-state index in [-0.39, 0.29) is 46.0 Å². The van der Waals surface area contributed by atoms with E-state index in [1.54, 1.807) is 24.3 Å². The zero-order valence-electron chi connectivity index (χ0n) is 22.1. The number of rotatable bonds is 6. The molecular weight excluding hydrogens is 536 g/mol. The third-order valence-electron chi connectivity index (χ3n) is 8.21. The molecule has 0 aromatic heterocycles. The lowest BCUT2D eigenvalue weighted by Crippen LogP contribution is -2.29. The molecule has 212 valence electrons. The van der Waals surface area contributed by atoms with Crippen LogP contribution in [0.25, 0.3) is 0 Å². The van der Waals surface area contributed by atoms with E-state index >= 15 is 0 Å². The maximum Gasteiger partial charge on any atom is 0.123 e. The molecule has 42 heavy (non-hydrogen) atoms. The van der Waals surface area contributed by atoms with Crippen LogP contribution in [0.5, 0.6) is 46.0 Å². The summed E-state index contributed by atoms with van der Waals surface area (Å²) >= 11 is 0. The Bertz CT molecular complexity index is 1560. The topological polar surface area (TPSA) is 162 Å². The molecule has 0 aliphatic heterocycles. The first-order valence-electron chi connectivity index (χ1n) is 13.3. The van der Waals surface area contributed by atoms with E-state index in [1.165, 1.54) is 48.5 Å². The summed E-state index contributed by atoms with van der Waals surface area (Å²) in [5.74, 6) is -3.92. The fourth-order valence-electron chi connectivity index (χ4n) is 6.44. The van der Waals surface area contributed by atoms with E-state index in [0.717, 1.165) is 11.1 Å². The standard InChI is InChI=1S/C34H28O8/c35-19-5-9-23(27(39)13-19)33(24-10-6-20(36)14-28(24)40)31-17-1-2-18(4-3-17)32(31)34(25-11-7-21(37)15-29(25)41)26-12-8-22(38)16-30(26)42/h1-16,31-42H. The zero-order chi connectivity index (χ0) is 29.7. The lowest BCUT2D eigenvalue weighted by Gasteiger charge is -2.43. The molecule has 2 bridgehead atoms.